The van der Waals surface area contributed by atoms with Gasteiger partial charge in [0.2, 0.25) is 5.88 Å². The predicted molar refractivity (Wildman–Crippen MR) is 121 cm³/mol. The molecule has 0 fully saturated rings. The van der Waals surface area contributed by atoms with Crippen molar-refractivity contribution in [3.63, 3.8) is 0 Å². The molecule has 0 saturated heterocycles. The summed E-state index contributed by atoms with van der Waals surface area (Å²) >= 11 is 0. The van der Waals surface area contributed by atoms with Gasteiger partial charge in [-0.3, -0.25) is 9.78 Å². The van der Waals surface area contributed by atoms with Crippen LogP contribution in [0.2, 0.25) is 0 Å². The van der Waals surface area contributed by atoms with Crippen molar-refractivity contribution in [2.24, 2.45) is 0 Å². The van der Waals surface area contributed by atoms with Crippen molar-refractivity contribution in [3.05, 3.63) is 65.5 Å². The summed E-state index contributed by atoms with van der Waals surface area (Å²) in [6.45, 7) is 3.11. The molecule has 8 heteroatoms. The molecule has 32 heavy (non-hydrogen) atoms. The maximum absolute atomic E-state index is 15.1. The van der Waals surface area contributed by atoms with Crippen LogP contribution in [0, 0.1) is 12.7 Å². The third-order valence-corrected chi connectivity index (χ3v) is 5.87. The Morgan fingerprint density at radius 2 is 2.06 bits per heavy atom. The van der Waals surface area contributed by atoms with E-state index in [0.717, 1.165) is 27.8 Å². The second-order valence-electron chi connectivity index (χ2n) is 7.83. The number of carbonyl (C=O) groups excluding carboxylic acids is 1. The van der Waals surface area contributed by atoms with E-state index in [1.165, 1.54) is 6.07 Å². The van der Waals surface area contributed by atoms with Crippen molar-refractivity contribution >= 4 is 39.8 Å². The van der Waals surface area contributed by atoms with Crippen LogP contribution in [0.1, 0.15) is 16.8 Å². The third kappa shape index (κ3) is 2.84. The van der Waals surface area contributed by atoms with Gasteiger partial charge < -0.3 is 20.4 Å². The molecule has 0 radical (unpaired) electrons. The highest BCUT2D eigenvalue weighted by molar-refractivity contribution is 6.35. The van der Waals surface area contributed by atoms with Crippen molar-refractivity contribution in [2.45, 2.75) is 6.92 Å². The third-order valence-electron chi connectivity index (χ3n) is 5.87. The molecule has 0 spiro atoms. The van der Waals surface area contributed by atoms with Crippen LogP contribution in [-0.4, -0.2) is 34.0 Å². The van der Waals surface area contributed by atoms with Crippen LogP contribution in [0.25, 0.3) is 33.7 Å². The van der Waals surface area contributed by atoms with Crippen molar-refractivity contribution in [1.29, 1.82) is 0 Å². The Hall–Kier alpha value is -4.20. The highest BCUT2D eigenvalue weighted by Gasteiger charge is 2.28. The minimum atomic E-state index is -0.427. The first-order valence-electron chi connectivity index (χ1n) is 10.2. The molecule has 3 aromatic heterocycles. The molecule has 0 unspecified atom stereocenters. The zero-order valence-electron chi connectivity index (χ0n) is 17.1. The Balaban J connectivity index is 1.48. The number of fused-ring (bicyclic) bond motifs is 3. The molecular formula is C24H18FN5O2. The van der Waals surface area contributed by atoms with Crippen LogP contribution in [0.3, 0.4) is 0 Å². The van der Waals surface area contributed by atoms with Crippen LogP contribution in [-0.2, 0) is 4.79 Å². The van der Waals surface area contributed by atoms with E-state index in [0.29, 0.717) is 47.0 Å². The molecule has 1 amide bonds. The highest BCUT2D eigenvalue weighted by atomic mass is 19.1. The monoisotopic (exact) mass is 427 g/mol. The van der Waals surface area contributed by atoms with Gasteiger partial charge in [0.25, 0.3) is 5.91 Å². The van der Waals surface area contributed by atoms with E-state index in [9.17, 15) is 4.79 Å². The second-order valence-corrected chi connectivity index (χ2v) is 7.83. The lowest BCUT2D eigenvalue weighted by molar-refractivity contribution is -0.110. The zero-order chi connectivity index (χ0) is 21.8. The number of anilines is 2. The number of pyridine rings is 2. The van der Waals surface area contributed by atoms with E-state index in [1.54, 1.807) is 30.7 Å². The van der Waals surface area contributed by atoms with Crippen LogP contribution in [0.15, 0.2) is 42.9 Å². The average Bonchev–Trinajstić information content (AvgIpc) is 3.34. The van der Waals surface area contributed by atoms with Gasteiger partial charge in [0.1, 0.15) is 18.1 Å². The van der Waals surface area contributed by atoms with E-state index in [1.807, 2.05) is 19.1 Å². The fourth-order valence-electron chi connectivity index (χ4n) is 4.28. The molecule has 4 aromatic rings. The minimum Gasteiger partial charge on any atom is -0.474 e. The summed E-state index contributed by atoms with van der Waals surface area (Å²) in [7, 11) is 0. The Morgan fingerprint density at radius 1 is 1.16 bits per heavy atom. The number of nitrogens with one attached hydrogen (secondary N) is 3. The number of rotatable bonds is 2. The highest BCUT2D eigenvalue weighted by Crippen LogP contribution is 2.41. The molecule has 1 aromatic carbocycles. The standard InChI is InChI=1S/C24H18FN5O2/c1-12-18(10-28-24-22(12)27-4-5-32-24)15-8-16-17(23(31)30-20(16)9-19(15)25)7-14-6-13-2-3-26-11-21(13)29-14/h2-3,6-11,27,29H,4-5H2,1H3,(H,30,31). The molecule has 2 aliphatic rings. The van der Waals surface area contributed by atoms with Crippen LogP contribution >= 0.6 is 0 Å². The van der Waals surface area contributed by atoms with E-state index in [4.69, 9.17) is 4.74 Å². The molecule has 0 bridgehead atoms. The van der Waals surface area contributed by atoms with Gasteiger partial charge in [0.15, 0.2) is 0 Å². The Bertz CT molecular complexity index is 1420. The SMILES string of the molecule is Cc1c(-c2cc3c(cc2F)NC(=O)C3=Cc2cc3ccncc3[nH]2)cnc2c1NCCO2. The van der Waals surface area contributed by atoms with Crippen molar-refractivity contribution in [2.75, 3.05) is 23.8 Å². The van der Waals surface area contributed by atoms with Gasteiger partial charge in [-0.2, -0.15) is 0 Å². The fraction of sp³-hybridized carbons (Fsp3) is 0.125. The van der Waals surface area contributed by atoms with Gasteiger partial charge in [0.05, 0.1) is 23.0 Å². The summed E-state index contributed by atoms with van der Waals surface area (Å²) < 4.78 is 20.7. The van der Waals surface area contributed by atoms with E-state index in [2.05, 4.69) is 25.6 Å². The molecule has 7 nitrogen and oxygen atoms in total. The van der Waals surface area contributed by atoms with Gasteiger partial charge >= 0.3 is 0 Å². The molecule has 3 N–H and O–H groups in total. The summed E-state index contributed by atoms with van der Waals surface area (Å²) in [4.78, 5) is 24.4. The number of hydrogen-bond acceptors (Lipinski definition) is 5. The number of carbonyl (C=O) groups is 1. The first kappa shape index (κ1) is 18.6. The van der Waals surface area contributed by atoms with Crippen molar-refractivity contribution in [3.8, 4) is 17.0 Å². The molecule has 5 heterocycles. The van der Waals surface area contributed by atoms with Gasteiger partial charge in [-0.05, 0) is 42.8 Å². The molecule has 2 aliphatic heterocycles. The number of nitrogens with zero attached hydrogens (tertiary/aromatic N) is 2. The maximum atomic E-state index is 15.1. The predicted octanol–water partition coefficient (Wildman–Crippen LogP) is 4.37. The molecule has 0 aliphatic carbocycles. The van der Waals surface area contributed by atoms with Crippen LogP contribution < -0.4 is 15.4 Å². The Morgan fingerprint density at radius 3 is 2.94 bits per heavy atom. The summed E-state index contributed by atoms with van der Waals surface area (Å²) in [5.41, 5.74) is 5.85. The quantitative estimate of drug-likeness (QED) is 0.413. The molecule has 0 saturated carbocycles. The number of H-pyrrole nitrogens is 1. The normalized spacial score (nSPS) is 15.8. The van der Waals surface area contributed by atoms with Gasteiger partial charge in [-0.15, -0.1) is 0 Å². The van der Waals surface area contributed by atoms with Crippen LogP contribution in [0.4, 0.5) is 15.8 Å². The number of hydrogen-bond donors (Lipinski definition) is 3. The van der Waals surface area contributed by atoms with E-state index >= 15 is 4.39 Å². The molecule has 158 valence electrons. The zero-order valence-corrected chi connectivity index (χ0v) is 17.1. The summed E-state index contributed by atoms with van der Waals surface area (Å²) in [6, 6.07) is 6.91. The fourth-order valence-corrected chi connectivity index (χ4v) is 4.28. The number of ether oxygens (including phenoxy) is 1. The number of aromatic nitrogens is 3. The first-order chi connectivity index (χ1) is 15.6. The Labute approximate surface area is 182 Å². The van der Waals surface area contributed by atoms with Gasteiger partial charge in [-0.25, -0.2) is 9.37 Å². The largest absolute Gasteiger partial charge is 0.474 e. The number of halogens is 1. The summed E-state index contributed by atoms with van der Waals surface area (Å²) in [6.07, 6.45) is 6.84. The number of aromatic amines is 1. The smallest absolute Gasteiger partial charge is 0.256 e. The van der Waals surface area contributed by atoms with Crippen molar-refractivity contribution in [1.82, 2.24) is 15.0 Å². The lowest BCUT2D eigenvalue weighted by Crippen LogP contribution is -2.20. The molecule has 0 atom stereocenters. The summed E-state index contributed by atoms with van der Waals surface area (Å²) in [5, 5.41) is 7.04. The maximum Gasteiger partial charge on any atom is 0.256 e. The minimum absolute atomic E-state index is 0.274. The van der Waals surface area contributed by atoms with Gasteiger partial charge in [0, 0.05) is 46.7 Å². The van der Waals surface area contributed by atoms with Crippen LogP contribution in [0.5, 0.6) is 5.88 Å². The number of amides is 1. The lowest BCUT2D eigenvalue weighted by atomic mass is 9.96. The van der Waals surface area contributed by atoms with Gasteiger partial charge in [-0.1, -0.05) is 0 Å². The van der Waals surface area contributed by atoms with E-state index in [-0.39, 0.29) is 5.91 Å². The second kappa shape index (κ2) is 6.91. The lowest BCUT2D eigenvalue weighted by Gasteiger charge is -2.21. The average molecular weight is 427 g/mol. The topological polar surface area (TPSA) is 91.9 Å². The Kier molecular flexibility index (Phi) is 4.01. The summed E-state index contributed by atoms with van der Waals surface area (Å²) in [5.74, 6) is -0.183. The molecular weight excluding hydrogens is 409 g/mol. The van der Waals surface area contributed by atoms with Crippen molar-refractivity contribution < 1.29 is 13.9 Å². The molecule has 6 rings (SSSR count). The van der Waals surface area contributed by atoms with E-state index < -0.39 is 5.82 Å². The number of benzene rings is 1. The first-order valence-corrected chi connectivity index (χ1v) is 10.2.